The molecule has 0 bridgehead atoms. The van der Waals surface area contributed by atoms with Crippen LogP contribution in [0.2, 0.25) is 0 Å². The number of nitrogens with zero attached hydrogens (tertiary/aromatic N) is 3. The first-order chi connectivity index (χ1) is 12.0. The van der Waals surface area contributed by atoms with Crippen LogP contribution < -0.4 is 10.6 Å². The number of urea groups is 1. The SMILES string of the molecule is Cc1ccc(NC(=O)NCc2cncc(-c3ccnn3C)c2)cc1C. The standard InChI is InChI=1S/C19H21N5O/c1-13-4-5-17(8-14(13)2)23-19(25)21-11-15-9-16(12-20-10-15)18-6-7-22-24(18)3/h4-10,12H,11H2,1-3H3,(H2,21,23,25). The Morgan fingerprint density at radius 1 is 1.12 bits per heavy atom. The number of anilines is 1. The van der Waals surface area contributed by atoms with Gasteiger partial charge in [0.25, 0.3) is 0 Å². The summed E-state index contributed by atoms with van der Waals surface area (Å²) < 4.78 is 1.79. The van der Waals surface area contributed by atoms with Gasteiger partial charge in [-0.3, -0.25) is 9.67 Å². The largest absolute Gasteiger partial charge is 0.334 e. The van der Waals surface area contributed by atoms with Crippen LogP contribution in [0.3, 0.4) is 0 Å². The zero-order valence-electron chi connectivity index (χ0n) is 14.6. The van der Waals surface area contributed by atoms with Crippen molar-refractivity contribution in [3.05, 3.63) is 65.6 Å². The molecule has 0 radical (unpaired) electrons. The van der Waals surface area contributed by atoms with E-state index in [1.54, 1.807) is 23.3 Å². The van der Waals surface area contributed by atoms with Crippen molar-refractivity contribution in [1.82, 2.24) is 20.1 Å². The summed E-state index contributed by atoms with van der Waals surface area (Å²) in [4.78, 5) is 16.3. The van der Waals surface area contributed by atoms with Crippen LogP contribution in [0.15, 0.2) is 48.9 Å². The van der Waals surface area contributed by atoms with Crippen LogP contribution >= 0.6 is 0 Å². The van der Waals surface area contributed by atoms with Crippen LogP contribution in [0.4, 0.5) is 10.5 Å². The zero-order chi connectivity index (χ0) is 17.8. The molecule has 1 aromatic carbocycles. The van der Waals surface area contributed by atoms with Crippen molar-refractivity contribution in [2.24, 2.45) is 7.05 Å². The molecule has 0 spiro atoms. The highest BCUT2D eigenvalue weighted by atomic mass is 16.2. The molecule has 3 aromatic rings. The van der Waals surface area contributed by atoms with E-state index in [9.17, 15) is 4.79 Å². The monoisotopic (exact) mass is 335 g/mol. The van der Waals surface area contributed by atoms with Crippen LogP contribution in [-0.4, -0.2) is 20.8 Å². The Morgan fingerprint density at radius 3 is 2.68 bits per heavy atom. The maximum Gasteiger partial charge on any atom is 0.319 e. The second-order valence-corrected chi connectivity index (χ2v) is 6.03. The van der Waals surface area contributed by atoms with Crippen LogP contribution in [0.5, 0.6) is 0 Å². The number of rotatable bonds is 4. The summed E-state index contributed by atoms with van der Waals surface area (Å²) >= 11 is 0. The van der Waals surface area contributed by atoms with Gasteiger partial charge in [0, 0.05) is 43.4 Å². The highest BCUT2D eigenvalue weighted by Gasteiger charge is 2.06. The van der Waals surface area contributed by atoms with Gasteiger partial charge in [-0.2, -0.15) is 5.10 Å². The first kappa shape index (κ1) is 16.7. The van der Waals surface area contributed by atoms with Crippen molar-refractivity contribution in [2.75, 3.05) is 5.32 Å². The van der Waals surface area contributed by atoms with Gasteiger partial charge in [0.15, 0.2) is 0 Å². The zero-order valence-corrected chi connectivity index (χ0v) is 14.6. The summed E-state index contributed by atoms with van der Waals surface area (Å²) in [5.41, 5.74) is 5.99. The van der Waals surface area contributed by atoms with Gasteiger partial charge in [0.1, 0.15) is 0 Å². The fourth-order valence-electron chi connectivity index (χ4n) is 2.56. The van der Waals surface area contributed by atoms with Crippen molar-refractivity contribution in [3.63, 3.8) is 0 Å². The van der Waals surface area contributed by atoms with Crippen LogP contribution in [0.25, 0.3) is 11.3 Å². The number of aromatic nitrogens is 3. The lowest BCUT2D eigenvalue weighted by molar-refractivity contribution is 0.251. The van der Waals surface area contributed by atoms with Crippen molar-refractivity contribution in [2.45, 2.75) is 20.4 Å². The van der Waals surface area contributed by atoms with Gasteiger partial charge in [-0.25, -0.2) is 4.79 Å². The number of hydrogen-bond donors (Lipinski definition) is 2. The molecular weight excluding hydrogens is 314 g/mol. The van der Waals surface area contributed by atoms with Crippen LogP contribution in [-0.2, 0) is 13.6 Å². The average Bonchev–Trinajstić information content (AvgIpc) is 3.03. The van der Waals surface area contributed by atoms with Gasteiger partial charge in [0.2, 0.25) is 0 Å². The van der Waals surface area contributed by atoms with Gasteiger partial charge in [-0.15, -0.1) is 0 Å². The third kappa shape index (κ3) is 4.03. The van der Waals surface area contributed by atoms with E-state index in [4.69, 9.17) is 0 Å². The molecule has 6 nitrogen and oxygen atoms in total. The molecule has 2 amide bonds. The second-order valence-electron chi connectivity index (χ2n) is 6.03. The summed E-state index contributed by atoms with van der Waals surface area (Å²) in [6.07, 6.45) is 5.28. The van der Waals surface area contributed by atoms with E-state index >= 15 is 0 Å². The first-order valence-corrected chi connectivity index (χ1v) is 8.07. The Balaban J connectivity index is 1.62. The maximum atomic E-state index is 12.1. The molecule has 25 heavy (non-hydrogen) atoms. The quantitative estimate of drug-likeness (QED) is 0.767. The highest BCUT2D eigenvalue weighted by molar-refractivity contribution is 5.89. The summed E-state index contributed by atoms with van der Waals surface area (Å²) in [6.45, 7) is 4.46. The Morgan fingerprint density at radius 2 is 1.96 bits per heavy atom. The molecule has 128 valence electrons. The van der Waals surface area contributed by atoms with E-state index in [1.165, 1.54) is 5.56 Å². The second kappa shape index (κ2) is 7.17. The Hall–Kier alpha value is -3.15. The lowest BCUT2D eigenvalue weighted by Gasteiger charge is -2.10. The number of nitrogens with one attached hydrogen (secondary N) is 2. The number of hydrogen-bond acceptors (Lipinski definition) is 3. The normalized spacial score (nSPS) is 10.5. The molecule has 0 unspecified atom stereocenters. The van der Waals surface area contributed by atoms with Gasteiger partial charge in [-0.1, -0.05) is 6.07 Å². The first-order valence-electron chi connectivity index (χ1n) is 8.07. The number of aryl methyl sites for hydroxylation is 3. The number of benzene rings is 1. The summed E-state index contributed by atoms with van der Waals surface area (Å²) in [7, 11) is 1.89. The number of amides is 2. The fourth-order valence-corrected chi connectivity index (χ4v) is 2.56. The minimum absolute atomic E-state index is 0.241. The average molecular weight is 335 g/mol. The molecule has 0 saturated heterocycles. The van der Waals surface area contributed by atoms with E-state index in [0.29, 0.717) is 6.54 Å². The molecule has 6 heteroatoms. The summed E-state index contributed by atoms with van der Waals surface area (Å²) in [6, 6.07) is 9.54. The van der Waals surface area contributed by atoms with E-state index in [1.807, 2.05) is 51.2 Å². The Kier molecular flexibility index (Phi) is 4.79. The summed E-state index contributed by atoms with van der Waals surface area (Å²) in [5, 5.41) is 9.87. The maximum absolute atomic E-state index is 12.1. The molecule has 0 fully saturated rings. The van der Waals surface area contributed by atoms with Crippen molar-refractivity contribution < 1.29 is 4.79 Å². The molecule has 0 aliphatic carbocycles. The Labute approximate surface area is 146 Å². The molecule has 2 aromatic heterocycles. The highest BCUT2D eigenvalue weighted by Crippen LogP contribution is 2.18. The van der Waals surface area contributed by atoms with Crippen molar-refractivity contribution >= 4 is 11.7 Å². The topological polar surface area (TPSA) is 71.8 Å². The molecule has 3 rings (SSSR count). The number of pyridine rings is 1. The van der Waals surface area contributed by atoms with Crippen LogP contribution in [0.1, 0.15) is 16.7 Å². The van der Waals surface area contributed by atoms with E-state index < -0.39 is 0 Å². The number of carbonyl (C=O) groups excluding carboxylic acids is 1. The number of carbonyl (C=O) groups is 1. The summed E-state index contributed by atoms with van der Waals surface area (Å²) in [5.74, 6) is 0. The molecular formula is C19H21N5O. The third-order valence-electron chi connectivity index (χ3n) is 4.13. The predicted molar refractivity (Wildman–Crippen MR) is 98.2 cm³/mol. The molecule has 0 atom stereocenters. The minimum Gasteiger partial charge on any atom is -0.334 e. The lowest BCUT2D eigenvalue weighted by atomic mass is 10.1. The van der Waals surface area contributed by atoms with E-state index in [0.717, 1.165) is 28.1 Å². The lowest BCUT2D eigenvalue weighted by Crippen LogP contribution is -2.28. The molecule has 0 aliphatic rings. The molecule has 0 saturated carbocycles. The van der Waals surface area contributed by atoms with Crippen LogP contribution in [0, 0.1) is 13.8 Å². The fraction of sp³-hybridized carbons (Fsp3) is 0.211. The van der Waals surface area contributed by atoms with Crippen molar-refractivity contribution in [1.29, 1.82) is 0 Å². The Bertz CT molecular complexity index is 900. The van der Waals surface area contributed by atoms with Gasteiger partial charge in [0.05, 0.1) is 5.69 Å². The van der Waals surface area contributed by atoms with Gasteiger partial charge >= 0.3 is 6.03 Å². The predicted octanol–water partition coefficient (Wildman–Crippen LogP) is 3.42. The molecule has 0 aliphatic heterocycles. The van der Waals surface area contributed by atoms with E-state index in [2.05, 4.69) is 20.7 Å². The third-order valence-corrected chi connectivity index (χ3v) is 4.13. The molecule has 2 N–H and O–H groups in total. The van der Waals surface area contributed by atoms with E-state index in [-0.39, 0.29) is 6.03 Å². The smallest absolute Gasteiger partial charge is 0.319 e. The van der Waals surface area contributed by atoms with Crippen molar-refractivity contribution in [3.8, 4) is 11.3 Å². The van der Waals surface area contributed by atoms with Gasteiger partial charge < -0.3 is 10.6 Å². The van der Waals surface area contributed by atoms with Gasteiger partial charge in [-0.05, 0) is 54.8 Å². The minimum atomic E-state index is -0.241. The molecule has 2 heterocycles.